The largest absolute Gasteiger partial charge is 0.381 e. The maximum Gasteiger partial charge on any atom is 0.259 e. The average Bonchev–Trinajstić information content (AvgIpc) is 3.65. The number of carbonyl (C=O) groups excluding carboxylic acids is 1. The highest BCUT2D eigenvalue weighted by molar-refractivity contribution is 7.15. The number of nitrogens with two attached hydrogens (primary N) is 1. The minimum absolute atomic E-state index is 0.116. The van der Waals surface area contributed by atoms with Gasteiger partial charge in [0.05, 0.1) is 29.2 Å². The molecule has 0 bridgehead atoms. The van der Waals surface area contributed by atoms with Crippen molar-refractivity contribution in [2.75, 3.05) is 5.73 Å². The Morgan fingerprint density at radius 3 is 2.81 bits per heavy atom. The summed E-state index contributed by atoms with van der Waals surface area (Å²) in [6, 6.07) is 11.2. The van der Waals surface area contributed by atoms with Crippen LogP contribution >= 0.6 is 11.3 Å². The summed E-state index contributed by atoms with van der Waals surface area (Å²) < 4.78 is 5.24. The zero-order valence-electron chi connectivity index (χ0n) is 20.0. The first kappa shape index (κ1) is 22.5. The number of aryl methyl sites for hydroxylation is 1. The Kier molecular flexibility index (Phi) is 5.43. The Hall–Kier alpha value is -4.95. The zero-order valence-corrected chi connectivity index (χ0v) is 20.8. The number of anilines is 1. The third-order valence-corrected chi connectivity index (χ3v) is 6.71. The molecule has 5 heterocycles. The molecule has 0 unspecified atom stereocenters. The molecule has 0 aliphatic rings. The first-order valence-electron chi connectivity index (χ1n) is 11.4. The monoisotopic (exact) mass is 507 g/mol. The van der Waals surface area contributed by atoms with E-state index < -0.39 is 6.04 Å². The molecule has 1 aromatic carbocycles. The molecule has 182 valence electrons. The van der Waals surface area contributed by atoms with Crippen LogP contribution in [0.4, 0.5) is 5.82 Å². The summed E-state index contributed by atoms with van der Waals surface area (Å²) in [5.41, 5.74) is 10.9. The Morgan fingerprint density at radius 2 is 2.03 bits per heavy atom. The number of aromatic nitrogens is 7. The highest BCUT2D eigenvalue weighted by Crippen LogP contribution is 2.33. The summed E-state index contributed by atoms with van der Waals surface area (Å²) in [5.74, 6) is 6.18. The molecule has 10 nitrogen and oxygen atoms in total. The van der Waals surface area contributed by atoms with E-state index in [1.807, 2.05) is 60.3 Å². The molecule has 0 saturated carbocycles. The van der Waals surface area contributed by atoms with Gasteiger partial charge in [-0.15, -0.1) is 16.4 Å². The third-order valence-electron chi connectivity index (χ3n) is 5.88. The van der Waals surface area contributed by atoms with E-state index in [9.17, 15) is 4.79 Å². The topological polar surface area (TPSA) is 120 Å². The van der Waals surface area contributed by atoms with Gasteiger partial charge in [0.25, 0.3) is 5.91 Å². The van der Waals surface area contributed by atoms with E-state index in [1.165, 1.54) is 15.9 Å². The fourth-order valence-corrected chi connectivity index (χ4v) is 5.05. The molecule has 6 aromatic rings. The lowest BCUT2D eigenvalue weighted by Crippen LogP contribution is -2.28. The van der Waals surface area contributed by atoms with Crippen LogP contribution in [0.5, 0.6) is 0 Å². The van der Waals surface area contributed by atoms with Crippen LogP contribution in [0, 0.1) is 11.8 Å². The van der Waals surface area contributed by atoms with E-state index in [1.54, 1.807) is 29.3 Å². The van der Waals surface area contributed by atoms with Gasteiger partial charge in [-0.1, -0.05) is 36.3 Å². The van der Waals surface area contributed by atoms with Gasteiger partial charge in [0.1, 0.15) is 11.3 Å². The first-order valence-corrected chi connectivity index (χ1v) is 12.3. The number of fused-ring (bicyclic) bond motifs is 2. The molecule has 5 aromatic heterocycles. The SMILES string of the molecule is C[C@H](NC(=O)c1c(N)nn2cccnc12)c1nc2scc(C#Cc3cnn(C)c3)n2c1-c1ccccc1. The molecule has 0 aliphatic heterocycles. The van der Waals surface area contributed by atoms with Crippen LogP contribution in [0.25, 0.3) is 21.9 Å². The Bertz CT molecular complexity index is 1830. The van der Waals surface area contributed by atoms with Gasteiger partial charge in [-0.05, 0) is 18.9 Å². The molecule has 0 aliphatic carbocycles. The van der Waals surface area contributed by atoms with Crippen molar-refractivity contribution in [3.63, 3.8) is 0 Å². The molecule has 11 heteroatoms. The van der Waals surface area contributed by atoms with E-state index in [0.717, 1.165) is 33.2 Å². The van der Waals surface area contributed by atoms with Gasteiger partial charge in [0.2, 0.25) is 0 Å². The van der Waals surface area contributed by atoms with Gasteiger partial charge < -0.3 is 11.1 Å². The fourth-order valence-electron chi connectivity index (χ4n) is 4.22. The molecule has 37 heavy (non-hydrogen) atoms. The summed E-state index contributed by atoms with van der Waals surface area (Å²) in [5, 5.41) is 13.4. The van der Waals surface area contributed by atoms with Crippen molar-refractivity contribution in [3.8, 4) is 23.1 Å². The van der Waals surface area contributed by atoms with Gasteiger partial charge in [-0.3, -0.25) is 13.9 Å². The minimum atomic E-state index is -0.438. The van der Waals surface area contributed by atoms with Gasteiger partial charge in [-0.25, -0.2) is 14.5 Å². The first-order chi connectivity index (χ1) is 18.0. The van der Waals surface area contributed by atoms with Crippen LogP contribution in [0.2, 0.25) is 0 Å². The standard InChI is InChI=1S/C26H21N9OS/c1-16(30-25(36)20-23(27)32-34-12-6-11-28-24(20)34)21-22(18-7-4-3-5-8-18)35-19(15-37-26(35)31-21)10-9-17-13-29-33(2)14-17/h3-8,11-16H,1-2H3,(H2,27,32)(H,30,36)/t16-/m0/s1. The second kappa shape index (κ2) is 8.92. The maximum absolute atomic E-state index is 13.3. The number of amides is 1. The highest BCUT2D eigenvalue weighted by Gasteiger charge is 2.26. The van der Waals surface area contributed by atoms with Crippen LogP contribution in [0.3, 0.4) is 0 Å². The number of thiazole rings is 1. The van der Waals surface area contributed by atoms with E-state index in [0.29, 0.717) is 5.65 Å². The number of nitrogens with one attached hydrogen (secondary N) is 1. The highest BCUT2D eigenvalue weighted by atomic mass is 32.1. The number of nitrogen functional groups attached to an aromatic ring is 1. The van der Waals surface area contributed by atoms with E-state index in [2.05, 4.69) is 32.3 Å². The van der Waals surface area contributed by atoms with Gasteiger partial charge >= 0.3 is 0 Å². The average molecular weight is 508 g/mol. The van der Waals surface area contributed by atoms with Gasteiger partial charge in [-0.2, -0.15) is 5.10 Å². The Balaban J connectivity index is 1.42. The quantitative estimate of drug-likeness (QED) is 0.353. The predicted octanol–water partition coefficient (Wildman–Crippen LogP) is 3.31. The lowest BCUT2D eigenvalue weighted by Gasteiger charge is -2.14. The van der Waals surface area contributed by atoms with Crippen LogP contribution in [-0.2, 0) is 7.05 Å². The Morgan fingerprint density at radius 1 is 1.19 bits per heavy atom. The molecular formula is C26H21N9OS. The molecule has 1 atom stereocenters. The molecule has 0 fully saturated rings. The predicted molar refractivity (Wildman–Crippen MR) is 141 cm³/mol. The van der Waals surface area contributed by atoms with Crippen molar-refractivity contribution in [3.05, 3.63) is 89.1 Å². The van der Waals surface area contributed by atoms with Crippen molar-refractivity contribution in [2.24, 2.45) is 7.05 Å². The van der Waals surface area contributed by atoms with Crippen molar-refractivity contribution in [1.29, 1.82) is 0 Å². The molecule has 1 amide bonds. The van der Waals surface area contributed by atoms with Crippen molar-refractivity contribution < 1.29 is 4.79 Å². The Labute approximate surface area is 215 Å². The molecule has 6 rings (SSSR count). The molecule has 3 N–H and O–H groups in total. The van der Waals surface area contributed by atoms with Crippen molar-refractivity contribution >= 4 is 33.7 Å². The van der Waals surface area contributed by atoms with Crippen LogP contribution in [0.1, 0.15) is 40.3 Å². The minimum Gasteiger partial charge on any atom is -0.381 e. The van der Waals surface area contributed by atoms with Gasteiger partial charge in [0.15, 0.2) is 16.4 Å². The smallest absolute Gasteiger partial charge is 0.259 e. The van der Waals surface area contributed by atoms with Crippen molar-refractivity contribution in [2.45, 2.75) is 13.0 Å². The summed E-state index contributed by atoms with van der Waals surface area (Å²) in [7, 11) is 1.86. The summed E-state index contributed by atoms with van der Waals surface area (Å²) in [4.78, 5) is 23.3. The molecule has 0 spiro atoms. The second-order valence-corrected chi connectivity index (χ2v) is 9.28. The number of imidazole rings is 1. The fraction of sp³-hybridized carbons (Fsp3) is 0.115. The number of hydrogen-bond donors (Lipinski definition) is 2. The lowest BCUT2D eigenvalue weighted by atomic mass is 10.1. The van der Waals surface area contributed by atoms with Gasteiger partial charge in [0, 0.05) is 36.6 Å². The number of benzene rings is 1. The summed E-state index contributed by atoms with van der Waals surface area (Å²) >= 11 is 1.49. The van der Waals surface area contributed by atoms with E-state index in [-0.39, 0.29) is 17.3 Å². The number of hydrogen-bond acceptors (Lipinski definition) is 7. The van der Waals surface area contributed by atoms with E-state index in [4.69, 9.17) is 10.7 Å². The lowest BCUT2D eigenvalue weighted by molar-refractivity contribution is 0.0941. The zero-order chi connectivity index (χ0) is 25.5. The molecular weight excluding hydrogens is 486 g/mol. The third kappa shape index (κ3) is 3.99. The summed E-state index contributed by atoms with van der Waals surface area (Å²) in [6.45, 7) is 1.90. The summed E-state index contributed by atoms with van der Waals surface area (Å²) in [6.07, 6.45) is 6.89. The number of rotatable bonds is 4. The van der Waals surface area contributed by atoms with Crippen LogP contribution in [0.15, 0.2) is 66.6 Å². The normalized spacial score (nSPS) is 11.9. The van der Waals surface area contributed by atoms with Crippen LogP contribution < -0.4 is 11.1 Å². The number of nitrogens with zero attached hydrogens (tertiary/aromatic N) is 7. The molecule has 0 radical (unpaired) electrons. The number of carbonyl (C=O) groups is 1. The van der Waals surface area contributed by atoms with Crippen molar-refractivity contribution in [1.82, 2.24) is 39.1 Å². The maximum atomic E-state index is 13.3. The second-order valence-electron chi connectivity index (χ2n) is 8.45. The van der Waals surface area contributed by atoms with E-state index >= 15 is 0 Å². The molecule has 0 saturated heterocycles. The van der Waals surface area contributed by atoms with Crippen LogP contribution in [-0.4, -0.2) is 39.7 Å².